The van der Waals surface area contributed by atoms with E-state index in [4.69, 9.17) is 14.6 Å². The number of carbonyl (C=O) groups is 1. The first-order valence-corrected chi connectivity index (χ1v) is 12.5. The molecule has 0 radical (unpaired) electrons. The summed E-state index contributed by atoms with van der Waals surface area (Å²) in [6, 6.07) is 10.3. The van der Waals surface area contributed by atoms with Crippen molar-refractivity contribution in [2.45, 2.75) is 36.7 Å². The number of carboxylic acids is 1. The maximum absolute atomic E-state index is 14.8. The quantitative estimate of drug-likeness (QED) is 0.285. The monoisotopic (exact) mass is 539 g/mol. The zero-order valence-electron chi connectivity index (χ0n) is 19.1. The van der Waals surface area contributed by atoms with E-state index in [0.717, 1.165) is 24.3 Å². The minimum Gasteiger partial charge on any atom is -0.482 e. The van der Waals surface area contributed by atoms with Gasteiger partial charge in [-0.2, -0.15) is 8.78 Å². The van der Waals surface area contributed by atoms with Gasteiger partial charge in [0.25, 0.3) is 0 Å². The first-order valence-electron chi connectivity index (χ1n) is 11.1. The number of aliphatic carboxylic acids is 1. The molecule has 0 saturated heterocycles. The Balaban J connectivity index is 1.66. The third-order valence-electron chi connectivity index (χ3n) is 5.80. The molecule has 0 aliphatic heterocycles. The second-order valence-corrected chi connectivity index (χ2v) is 10.0. The van der Waals surface area contributed by atoms with Crippen molar-refractivity contribution < 1.29 is 45.4 Å². The molecule has 0 spiro atoms. The van der Waals surface area contributed by atoms with Gasteiger partial charge < -0.3 is 14.6 Å². The van der Waals surface area contributed by atoms with Crippen molar-refractivity contribution in [1.29, 1.82) is 0 Å². The molecule has 196 valence electrons. The summed E-state index contributed by atoms with van der Waals surface area (Å²) < 4.78 is 93.7. The van der Waals surface area contributed by atoms with E-state index in [1.165, 1.54) is 30.3 Å². The van der Waals surface area contributed by atoms with Crippen molar-refractivity contribution in [2.24, 2.45) is 0 Å². The number of hydrogen-bond donors (Lipinski definition) is 1. The zero-order valence-corrected chi connectivity index (χ0v) is 19.9. The first kappa shape index (κ1) is 26.4. The van der Waals surface area contributed by atoms with Gasteiger partial charge in [0, 0.05) is 0 Å². The molecule has 0 fully saturated rings. The van der Waals surface area contributed by atoms with Crippen molar-refractivity contribution >= 4 is 16.0 Å². The van der Waals surface area contributed by atoms with Crippen molar-refractivity contribution in [3.63, 3.8) is 0 Å². The zero-order chi connectivity index (χ0) is 26.7. The number of fused-ring (bicyclic) bond motifs is 1. The fourth-order valence-electron chi connectivity index (χ4n) is 4.21. The Morgan fingerprint density at radius 2 is 1.78 bits per heavy atom. The molecule has 4 rings (SSSR count). The SMILES string of the molecule is O=C(O)COc1cccc2c1CCC[C@H]2N(C(F)F)S(=O)(=O)c1ccc(Oc2ccc(F)cc2)c(F)c1. The van der Waals surface area contributed by atoms with Crippen LogP contribution in [0.2, 0.25) is 0 Å². The van der Waals surface area contributed by atoms with Crippen LogP contribution in [-0.4, -0.2) is 37.0 Å². The second kappa shape index (κ2) is 10.8. The van der Waals surface area contributed by atoms with Gasteiger partial charge in [-0.3, -0.25) is 0 Å². The Morgan fingerprint density at radius 3 is 2.43 bits per heavy atom. The Hall–Kier alpha value is -3.64. The number of carboxylic acid groups (broad SMARTS) is 1. The van der Waals surface area contributed by atoms with Crippen LogP contribution < -0.4 is 9.47 Å². The van der Waals surface area contributed by atoms with Gasteiger partial charge in [-0.15, -0.1) is 4.31 Å². The fourth-order valence-corrected chi connectivity index (χ4v) is 5.71. The lowest BCUT2D eigenvalue weighted by atomic mass is 9.87. The lowest BCUT2D eigenvalue weighted by Gasteiger charge is -2.35. The van der Waals surface area contributed by atoms with Crippen LogP contribution in [0.5, 0.6) is 17.2 Å². The van der Waals surface area contributed by atoms with Crippen LogP contribution in [-0.2, 0) is 21.2 Å². The van der Waals surface area contributed by atoms with Crippen LogP contribution in [0.3, 0.4) is 0 Å². The molecule has 0 heterocycles. The van der Waals surface area contributed by atoms with Gasteiger partial charge in [0.2, 0.25) is 10.0 Å². The van der Waals surface area contributed by atoms with Gasteiger partial charge in [-0.1, -0.05) is 12.1 Å². The molecule has 0 bridgehead atoms. The summed E-state index contributed by atoms with van der Waals surface area (Å²) in [6.07, 6.45) is 0.776. The number of alkyl halides is 2. The average molecular weight is 540 g/mol. The van der Waals surface area contributed by atoms with E-state index in [0.29, 0.717) is 24.5 Å². The molecule has 0 amide bonds. The Labute approximate surface area is 209 Å². The molecule has 1 N–H and O–H groups in total. The van der Waals surface area contributed by atoms with Gasteiger partial charge in [0.05, 0.1) is 10.9 Å². The van der Waals surface area contributed by atoms with E-state index in [1.54, 1.807) is 0 Å². The van der Waals surface area contributed by atoms with Gasteiger partial charge >= 0.3 is 12.5 Å². The molecule has 1 aliphatic carbocycles. The number of nitrogens with zero attached hydrogens (tertiary/aromatic N) is 1. The van der Waals surface area contributed by atoms with Crippen LogP contribution in [0.4, 0.5) is 17.6 Å². The highest BCUT2D eigenvalue weighted by molar-refractivity contribution is 7.89. The summed E-state index contributed by atoms with van der Waals surface area (Å²) in [4.78, 5) is 10.2. The first-order chi connectivity index (χ1) is 17.6. The van der Waals surface area contributed by atoms with Crippen LogP contribution in [0.25, 0.3) is 0 Å². The van der Waals surface area contributed by atoms with E-state index in [9.17, 15) is 30.8 Å². The predicted octanol–water partition coefficient (Wildman–Crippen LogP) is 5.51. The number of hydrogen-bond acceptors (Lipinski definition) is 5. The topological polar surface area (TPSA) is 93.1 Å². The van der Waals surface area contributed by atoms with Crippen LogP contribution in [0, 0.1) is 11.6 Å². The number of ether oxygens (including phenoxy) is 2. The van der Waals surface area contributed by atoms with Crippen molar-refractivity contribution in [3.05, 3.63) is 83.4 Å². The average Bonchev–Trinajstić information content (AvgIpc) is 2.85. The van der Waals surface area contributed by atoms with E-state index in [-0.39, 0.29) is 33.5 Å². The van der Waals surface area contributed by atoms with Crippen LogP contribution in [0.15, 0.2) is 65.6 Å². The lowest BCUT2D eigenvalue weighted by Crippen LogP contribution is -2.40. The standard InChI is InChI=1S/C25H21F4NO6S/c26-15-7-9-16(10-8-15)36-23-12-11-17(13-20(23)27)37(33,34)30(25(28)29)21-5-1-4-19-18(21)3-2-6-22(19)35-14-24(31)32/h2-3,6-13,21,25H,1,4-5,14H2,(H,31,32)/t21-/m1/s1. The van der Waals surface area contributed by atoms with Gasteiger partial charge in [-0.25, -0.2) is 22.0 Å². The molecule has 3 aromatic carbocycles. The van der Waals surface area contributed by atoms with Gasteiger partial charge in [-0.05, 0) is 78.9 Å². The maximum atomic E-state index is 14.8. The molecule has 1 atom stereocenters. The Kier molecular flexibility index (Phi) is 7.69. The summed E-state index contributed by atoms with van der Waals surface area (Å²) in [5.41, 5.74) is 0.699. The van der Waals surface area contributed by atoms with E-state index >= 15 is 0 Å². The largest absolute Gasteiger partial charge is 0.482 e. The Bertz CT molecular complexity index is 1400. The van der Waals surface area contributed by atoms with Gasteiger partial charge in [0.1, 0.15) is 17.3 Å². The smallest absolute Gasteiger partial charge is 0.341 e. The molecule has 1 aliphatic rings. The number of rotatable bonds is 9. The van der Waals surface area contributed by atoms with Crippen molar-refractivity contribution in [2.75, 3.05) is 6.61 Å². The summed E-state index contributed by atoms with van der Waals surface area (Å²) in [5.74, 6) is -3.00. The Morgan fingerprint density at radius 1 is 1.05 bits per heavy atom. The summed E-state index contributed by atoms with van der Waals surface area (Å²) in [5, 5.41) is 8.89. The molecule has 0 aromatic heterocycles. The highest BCUT2D eigenvalue weighted by Gasteiger charge is 2.41. The van der Waals surface area contributed by atoms with Crippen molar-refractivity contribution in [3.8, 4) is 17.2 Å². The van der Waals surface area contributed by atoms with Crippen LogP contribution >= 0.6 is 0 Å². The molecule has 0 unspecified atom stereocenters. The third kappa shape index (κ3) is 5.70. The number of benzene rings is 3. The minimum atomic E-state index is -4.90. The molecule has 37 heavy (non-hydrogen) atoms. The summed E-state index contributed by atoms with van der Waals surface area (Å²) in [6.45, 7) is -4.10. The summed E-state index contributed by atoms with van der Waals surface area (Å²) >= 11 is 0. The molecule has 0 saturated carbocycles. The molecule has 12 heteroatoms. The van der Waals surface area contributed by atoms with E-state index < -0.39 is 51.7 Å². The number of sulfonamides is 1. The third-order valence-corrected chi connectivity index (χ3v) is 7.62. The highest BCUT2D eigenvalue weighted by atomic mass is 32.2. The molecular weight excluding hydrogens is 518 g/mol. The summed E-state index contributed by atoms with van der Waals surface area (Å²) in [7, 11) is -4.90. The molecule has 3 aromatic rings. The lowest BCUT2D eigenvalue weighted by molar-refractivity contribution is -0.139. The van der Waals surface area contributed by atoms with E-state index in [1.807, 2.05) is 0 Å². The number of halogens is 4. The fraction of sp³-hybridized carbons (Fsp3) is 0.240. The second-order valence-electron chi connectivity index (χ2n) is 8.18. The van der Waals surface area contributed by atoms with Gasteiger partial charge in [0.15, 0.2) is 18.2 Å². The minimum absolute atomic E-state index is 0.0290. The normalized spacial score (nSPS) is 15.5. The maximum Gasteiger partial charge on any atom is 0.341 e. The van der Waals surface area contributed by atoms with Crippen molar-refractivity contribution in [1.82, 2.24) is 4.31 Å². The van der Waals surface area contributed by atoms with Crippen LogP contribution in [0.1, 0.15) is 30.0 Å². The predicted molar refractivity (Wildman–Crippen MR) is 123 cm³/mol. The highest BCUT2D eigenvalue weighted by Crippen LogP contribution is 2.42. The molecule has 7 nitrogen and oxygen atoms in total. The van der Waals surface area contributed by atoms with E-state index in [2.05, 4.69) is 0 Å². The molecular formula is C25H21F4NO6S.